The molecule has 4 rings (SSSR count). The van der Waals surface area contributed by atoms with E-state index in [1.54, 1.807) is 6.92 Å². The summed E-state index contributed by atoms with van der Waals surface area (Å²) in [5.41, 5.74) is 1.84. The first-order valence-corrected chi connectivity index (χ1v) is 10.2. The summed E-state index contributed by atoms with van der Waals surface area (Å²) in [6, 6.07) is 6.97. The predicted octanol–water partition coefficient (Wildman–Crippen LogP) is 2.96. The Bertz CT molecular complexity index is 770. The second kappa shape index (κ2) is 7.78. The lowest BCUT2D eigenvalue weighted by Crippen LogP contribution is -2.46. The third kappa shape index (κ3) is 3.43. The molecule has 1 aromatic carbocycles. The van der Waals surface area contributed by atoms with Gasteiger partial charge in [-0.25, -0.2) is 0 Å². The summed E-state index contributed by atoms with van der Waals surface area (Å²) in [7, 11) is 0. The van der Waals surface area contributed by atoms with E-state index >= 15 is 0 Å². The number of rotatable bonds is 4. The molecule has 0 spiro atoms. The quantitative estimate of drug-likeness (QED) is 0.643. The molecule has 2 heterocycles. The van der Waals surface area contributed by atoms with Crippen LogP contribution in [0.15, 0.2) is 36.4 Å². The van der Waals surface area contributed by atoms with Crippen LogP contribution in [0.4, 0.5) is 11.4 Å². The second-order valence-electron chi connectivity index (χ2n) is 7.96. The Hall–Kier alpha value is -2.63. The number of hydrogen-bond acceptors (Lipinski definition) is 4. The standard InChI is InChI=1S/C22H27N3O3/c1-15(25-21(27)18-7-3-4-8-19(18)22(25)28)20(26)23-16-9-11-17(12-10-16)24-13-5-2-6-14-24/h3-4,9-12,15,18-19H,2,5-8,13-14H2,1H3,(H,23,26)/t15-,18+,19+/m1/s1. The Labute approximate surface area is 165 Å². The molecule has 148 valence electrons. The number of anilines is 2. The van der Waals surface area contributed by atoms with E-state index in [4.69, 9.17) is 0 Å². The maximum Gasteiger partial charge on any atom is 0.247 e. The first kappa shape index (κ1) is 18.7. The summed E-state index contributed by atoms with van der Waals surface area (Å²) in [5.74, 6) is -1.39. The molecule has 3 amide bonds. The van der Waals surface area contributed by atoms with Crippen LogP contribution in [0, 0.1) is 11.8 Å². The SMILES string of the molecule is C[C@H](C(=O)Nc1ccc(N2CCCCC2)cc1)N1C(=O)[C@H]2CC=CC[C@@H]2C1=O. The highest BCUT2D eigenvalue weighted by atomic mass is 16.2. The lowest BCUT2D eigenvalue weighted by Gasteiger charge is -2.29. The molecule has 0 saturated carbocycles. The van der Waals surface area contributed by atoms with Crippen LogP contribution in [0.1, 0.15) is 39.0 Å². The molecule has 0 aromatic heterocycles. The molecular formula is C22H27N3O3. The number of benzene rings is 1. The average Bonchev–Trinajstić information content (AvgIpc) is 2.99. The minimum absolute atomic E-state index is 0.220. The molecule has 28 heavy (non-hydrogen) atoms. The smallest absolute Gasteiger partial charge is 0.247 e. The highest BCUT2D eigenvalue weighted by molar-refractivity contribution is 6.10. The monoisotopic (exact) mass is 381 g/mol. The number of nitrogens with one attached hydrogen (secondary N) is 1. The summed E-state index contributed by atoms with van der Waals surface area (Å²) in [4.78, 5) is 41.5. The third-order valence-corrected chi connectivity index (χ3v) is 6.16. The number of nitrogens with zero attached hydrogens (tertiary/aromatic N) is 2. The molecule has 2 fully saturated rings. The van der Waals surface area contributed by atoms with Crippen molar-refractivity contribution in [2.45, 2.75) is 45.1 Å². The first-order chi connectivity index (χ1) is 13.6. The number of imide groups is 1. The van der Waals surface area contributed by atoms with Gasteiger partial charge >= 0.3 is 0 Å². The van der Waals surface area contributed by atoms with Crippen LogP contribution < -0.4 is 10.2 Å². The van der Waals surface area contributed by atoms with Crippen LogP contribution in [0.2, 0.25) is 0 Å². The summed E-state index contributed by atoms with van der Waals surface area (Å²) >= 11 is 0. The van der Waals surface area contributed by atoms with Crippen molar-refractivity contribution in [2.75, 3.05) is 23.3 Å². The fraction of sp³-hybridized carbons (Fsp3) is 0.500. The van der Waals surface area contributed by atoms with E-state index in [2.05, 4.69) is 10.2 Å². The molecule has 6 nitrogen and oxygen atoms in total. The van der Waals surface area contributed by atoms with Gasteiger partial charge in [0.15, 0.2) is 0 Å². The van der Waals surface area contributed by atoms with Gasteiger partial charge in [0.2, 0.25) is 17.7 Å². The van der Waals surface area contributed by atoms with Crippen LogP contribution in [0.25, 0.3) is 0 Å². The van der Waals surface area contributed by atoms with Crippen molar-refractivity contribution in [3.63, 3.8) is 0 Å². The largest absolute Gasteiger partial charge is 0.372 e. The highest BCUT2D eigenvalue weighted by Gasteiger charge is 2.50. The molecule has 0 radical (unpaired) electrons. The number of allylic oxidation sites excluding steroid dienone is 2. The van der Waals surface area contributed by atoms with Gasteiger partial charge in [-0.05, 0) is 63.3 Å². The Balaban J connectivity index is 1.40. The number of piperidine rings is 1. The zero-order valence-corrected chi connectivity index (χ0v) is 16.3. The molecule has 1 aromatic rings. The van der Waals surface area contributed by atoms with Gasteiger partial charge in [0.25, 0.3) is 0 Å². The van der Waals surface area contributed by atoms with Crippen molar-refractivity contribution < 1.29 is 14.4 Å². The van der Waals surface area contributed by atoms with Crippen molar-refractivity contribution >= 4 is 29.1 Å². The van der Waals surface area contributed by atoms with Crippen molar-refractivity contribution in [2.24, 2.45) is 11.8 Å². The maximum absolute atomic E-state index is 12.7. The number of carbonyl (C=O) groups is 3. The van der Waals surface area contributed by atoms with Crippen LogP contribution >= 0.6 is 0 Å². The second-order valence-corrected chi connectivity index (χ2v) is 7.96. The molecule has 2 saturated heterocycles. The van der Waals surface area contributed by atoms with Gasteiger partial charge in [0.1, 0.15) is 6.04 Å². The minimum atomic E-state index is -0.813. The molecule has 1 aliphatic carbocycles. The predicted molar refractivity (Wildman–Crippen MR) is 108 cm³/mol. The van der Waals surface area contributed by atoms with Gasteiger partial charge in [-0.2, -0.15) is 0 Å². The summed E-state index contributed by atoms with van der Waals surface area (Å²) in [6.07, 6.45) is 8.77. The topological polar surface area (TPSA) is 69.7 Å². The fourth-order valence-corrected chi connectivity index (χ4v) is 4.48. The lowest BCUT2D eigenvalue weighted by molar-refractivity contribution is -0.146. The normalized spacial score (nSPS) is 25.6. The molecule has 0 bridgehead atoms. The van der Waals surface area contributed by atoms with Gasteiger partial charge in [0, 0.05) is 24.5 Å². The van der Waals surface area contributed by atoms with E-state index in [1.165, 1.54) is 24.2 Å². The molecular weight excluding hydrogens is 354 g/mol. The van der Waals surface area contributed by atoms with Gasteiger partial charge in [-0.1, -0.05) is 12.2 Å². The summed E-state index contributed by atoms with van der Waals surface area (Å²) in [6.45, 7) is 3.76. The van der Waals surface area contributed by atoms with E-state index in [0.717, 1.165) is 18.8 Å². The van der Waals surface area contributed by atoms with Crippen molar-refractivity contribution in [3.05, 3.63) is 36.4 Å². The Morgan fingerprint density at radius 2 is 1.54 bits per heavy atom. The van der Waals surface area contributed by atoms with Crippen LogP contribution in [0.5, 0.6) is 0 Å². The number of hydrogen-bond donors (Lipinski definition) is 1. The van der Waals surface area contributed by atoms with Gasteiger partial charge in [0.05, 0.1) is 11.8 Å². The van der Waals surface area contributed by atoms with E-state index in [0.29, 0.717) is 18.5 Å². The highest BCUT2D eigenvalue weighted by Crippen LogP contribution is 2.36. The molecule has 3 atom stereocenters. The number of likely N-dealkylation sites (tertiary alicyclic amines) is 1. The zero-order chi connectivity index (χ0) is 19.7. The van der Waals surface area contributed by atoms with Crippen LogP contribution in [0.3, 0.4) is 0 Å². The van der Waals surface area contributed by atoms with Crippen molar-refractivity contribution in [3.8, 4) is 0 Å². The number of fused-ring (bicyclic) bond motifs is 1. The summed E-state index contributed by atoms with van der Waals surface area (Å²) < 4.78 is 0. The lowest BCUT2D eigenvalue weighted by atomic mass is 9.85. The fourth-order valence-electron chi connectivity index (χ4n) is 4.48. The molecule has 2 aliphatic heterocycles. The number of amides is 3. The van der Waals surface area contributed by atoms with E-state index in [1.807, 2.05) is 36.4 Å². The Morgan fingerprint density at radius 1 is 0.964 bits per heavy atom. The Morgan fingerprint density at radius 3 is 2.11 bits per heavy atom. The Kier molecular flexibility index (Phi) is 5.20. The zero-order valence-electron chi connectivity index (χ0n) is 16.3. The first-order valence-electron chi connectivity index (χ1n) is 10.2. The minimum Gasteiger partial charge on any atom is -0.372 e. The third-order valence-electron chi connectivity index (χ3n) is 6.16. The van der Waals surface area contributed by atoms with Gasteiger partial charge < -0.3 is 10.2 Å². The van der Waals surface area contributed by atoms with Crippen LogP contribution in [-0.4, -0.2) is 41.8 Å². The van der Waals surface area contributed by atoms with Gasteiger partial charge in [-0.3, -0.25) is 19.3 Å². The maximum atomic E-state index is 12.7. The average molecular weight is 381 g/mol. The molecule has 1 N–H and O–H groups in total. The van der Waals surface area contributed by atoms with Gasteiger partial charge in [-0.15, -0.1) is 0 Å². The van der Waals surface area contributed by atoms with E-state index < -0.39 is 6.04 Å². The molecule has 0 unspecified atom stereocenters. The van der Waals surface area contributed by atoms with Crippen molar-refractivity contribution in [1.82, 2.24) is 4.90 Å². The molecule has 6 heteroatoms. The van der Waals surface area contributed by atoms with Crippen molar-refractivity contribution in [1.29, 1.82) is 0 Å². The van der Waals surface area contributed by atoms with E-state index in [9.17, 15) is 14.4 Å². The van der Waals surface area contributed by atoms with E-state index in [-0.39, 0.29) is 29.6 Å². The summed E-state index contributed by atoms with van der Waals surface area (Å²) in [5, 5.41) is 2.85. The van der Waals surface area contributed by atoms with Crippen LogP contribution in [-0.2, 0) is 14.4 Å². The molecule has 3 aliphatic rings. The number of carbonyl (C=O) groups excluding carboxylic acids is 3.